The summed E-state index contributed by atoms with van der Waals surface area (Å²) < 4.78 is 39.9. The molecule has 0 bridgehead atoms. The van der Waals surface area contributed by atoms with Gasteiger partial charge in [-0.15, -0.1) is 13.2 Å². The van der Waals surface area contributed by atoms with Crippen LogP contribution in [0.25, 0.3) is 0 Å². The van der Waals surface area contributed by atoms with E-state index in [2.05, 4.69) is 20.0 Å². The van der Waals surface area contributed by atoms with E-state index in [1.54, 1.807) is 18.3 Å². The minimum atomic E-state index is -4.72. The number of nitrogens with zero attached hydrogens (tertiary/aromatic N) is 2. The standard InChI is InChI=1S/C14H12ClF3N4O/c15-12-6-1-9(7-20-12)8-21-13(19)22-10-2-4-11(5-3-10)23-14(16,17)18/h1-7H,8H2,(H3,19,21,22). The molecule has 0 saturated carbocycles. The molecular weight excluding hydrogens is 333 g/mol. The summed E-state index contributed by atoms with van der Waals surface area (Å²) in [6, 6.07) is 8.53. The van der Waals surface area contributed by atoms with Gasteiger partial charge in [0, 0.05) is 11.9 Å². The van der Waals surface area contributed by atoms with Crippen molar-refractivity contribution in [2.24, 2.45) is 10.7 Å². The maximum Gasteiger partial charge on any atom is 0.573 e. The third-order valence-corrected chi connectivity index (χ3v) is 2.80. The lowest BCUT2D eigenvalue weighted by molar-refractivity contribution is -0.274. The van der Waals surface area contributed by atoms with E-state index in [0.29, 0.717) is 10.8 Å². The van der Waals surface area contributed by atoms with Gasteiger partial charge in [-0.25, -0.2) is 9.98 Å². The third kappa shape index (κ3) is 6.03. The minimum absolute atomic E-state index is 0.115. The van der Waals surface area contributed by atoms with Gasteiger partial charge in [0.05, 0.1) is 6.54 Å². The van der Waals surface area contributed by atoms with Crippen LogP contribution in [0.4, 0.5) is 18.9 Å². The number of aliphatic imine (C=N–C) groups is 1. The second-order valence-electron chi connectivity index (χ2n) is 4.39. The van der Waals surface area contributed by atoms with Gasteiger partial charge in [0.15, 0.2) is 5.96 Å². The molecule has 0 aliphatic carbocycles. The van der Waals surface area contributed by atoms with Crippen molar-refractivity contribution >= 4 is 23.2 Å². The summed E-state index contributed by atoms with van der Waals surface area (Å²) in [6.45, 7) is 0.290. The molecule has 0 amide bonds. The predicted octanol–water partition coefficient (Wildman–Crippen LogP) is 3.56. The number of nitrogens with two attached hydrogens (primary N) is 1. The molecule has 0 fully saturated rings. The molecule has 1 aromatic heterocycles. The van der Waals surface area contributed by atoms with Crippen molar-refractivity contribution in [1.82, 2.24) is 4.98 Å². The summed E-state index contributed by atoms with van der Waals surface area (Å²) in [5.74, 6) is -0.199. The van der Waals surface area contributed by atoms with E-state index in [1.807, 2.05) is 0 Å². The van der Waals surface area contributed by atoms with Crippen LogP contribution in [-0.2, 0) is 6.54 Å². The Bertz CT molecular complexity index is 672. The van der Waals surface area contributed by atoms with Crippen molar-refractivity contribution in [3.63, 3.8) is 0 Å². The predicted molar refractivity (Wildman–Crippen MR) is 81.3 cm³/mol. The van der Waals surface area contributed by atoms with Crippen molar-refractivity contribution in [1.29, 1.82) is 0 Å². The average molecular weight is 345 g/mol. The first-order chi connectivity index (χ1) is 10.8. The first kappa shape index (κ1) is 16.9. The first-order valence-corrected chi connectivity index (χ1v) is 6.73. The Kier molecular flexibility index (Phi) is 5.28. The summed E-state index contributed by atoms with van der Waals surface area (Å²) in [6.07, 6.45) is -3.15. The number of halogens is 4. The lowest BCUT2D eigenvalue weighted by atomic mass is 10.3. The molecule has 1 aromatic carbocycles. The van der Waals surface area contributed by atoms with Crippen molar-refractivity contribution in [3.8, 4) is 5.75 Å². The molecular formula is C14H12ClF3N4O. The number of pyridine rings is 1. The fraction of sp³-hybridized carbons (Fsp3) is 0.143. The van der Waals surface area contributed by atoms with E-state index in [0.717, 1.165) is 5.56 Å². The van der Waals surface area contributed by atoms with Crippen LogP contribution in [0.3, 0.4) is 0 Å². The highest BCUT2D eigenvalue weighted by molar-refractivity contribution is 6.29. The first-order valence-electron chi connectivity index (χ1n) is 6.35. The molecule has 3 N–H and O–H groups in total. The summed E-state index contributed by atoms with van der Waals surface area (Å²) in [4.78, 5) is 8.00. The van der Waals surface area contributed by atoms with Gasteiger partial charge in [-0.2, -0.15) is 0 Å². The van der Waals surface area contributed by atoms with Crippen LogP contribution in [0.15, 0.2) is 47.6 Å². The highest BCUT2D eigenvalue weighted by Gasteiger charge is 2.30. The van der Waals surface area contributed by atoms with E-state index >= 15 is 0 Å². The van der Waals surface area contributed by atoms with Gasteiger partial charge in [0.2, 0.25) is 0 Å². The fourth-order valence-corrected chi connectivity index (χ4v) is 1.72. The summed E-state index contributed by atoms with van der Waals surface area (Å²) in [7, 11) is 0. The Hall–Kier alpha value is -2.48. The topological polar surface area (TPSA) is 72.5 Å². The Morgan fingerprint density at radius 2 is 1.91 bits per heavy atom. The highest BCUT2D eigenvalue weighted by atomic mass is 35.5. The quantitative estimate of drug-likeness (QED) is 0.505. The summed E-state index contributed by atoms with van der Waals surface area (Å²) >= 11 is 5.67. The van der Waals surface area contributed by atoms with Crippen LogP contribution in [0.1, 0.15) is 5.56 Å². The molecule has 0 radical (unpaired) electrons. The van der Waals surface area contributed by atoms with Gasteiger partial charge in [0.1, 0.15) is 10.9 Å². The number of anilines is 1. The zero-order chi connectivity index (χ0) is 16.9. The number of benzene rings is 1. The number of guanidine groups is 1. The number of hydrogen-bond donors (Lipinski definition) is 2. The van der Waals surface area contributed by atoms with Gasteiger partial charge < -0.3 is 15.8 Å². The molecule has 0 saturated heterocycles. The van der Waals surface area contributed by atoms with Crippen LogP contribution in [0.5, 0.6) is 5.75 Å². The van der Waals surface area contributed by atoms with Gasteiger partial charge in [-0.3, -0.25) is 0 Å². The summed E-state index contributed by atoms with van der Waals surface area (Å²) in [5, 5.41) is 3.14. The summed E-state index contributed by atoms with van der Waals surface area (Å²) in [5.41, 5.74) is 7.00. The molecule has 2 rings (SSSR count). The SMILES string of the molecule is NC(=NCc1ccc(Cl)nc1)Nc1ccc(OC(F)(F)F)cc1. The van der Waals surface area contributed by atoms with Gasteiger partial charge in [-0.05, 0) is 35.9 Å². The van der Waals surface area contributed by atoms with Crippen molar-refractivity contribution in [2.45, 2.75) is 12.9 Å². The maximum absolute atomic E-state index is 12.0. The van der Waals surface area contributed by atoms with E-state index in [1.165, 1.54) is 24.3 Å². The van der Waals surface area contributed by atoms with Gasteiger partial charge in [0.25, 0.3) is 0 Å². The normalized spacial score (nSPS) is 12.1. The maximum atomic E-state index is 12.0. The van der Waals surface area contributed by atoms with Crippen molar-refractivity contribution in [2.75, 3.05) is 5.32 Å². The van der Waals surface area contributed by atoms with Gasteiger partial charge in [-0.1, -0.05) is 17.7 Å². The fourth-order valence-electron chi connectivity index (χ4n) is 1.60. The lowest BCUT2D eigenvalue weighted by Gasteiger charge is -2.10. The second-order valence-corrected chi connectivity index (χ2v) is 4.78. The minimum Gasteiger partial charge on any atom is -0.406 e. The number of rotatable bonds is 4. The number of hydrogen-bond acceptors (Lipinski definition) is 3. The largest absolute Gasteiger partial charge is 0.573 e. The molecule has 9 heteroatoms. The number of aromatic nitrogens is 1. The second kappa shape index (κ2) is 7.19. The van der Waals surface area contributed by atoms with Crippen molar-refractivity contribution < 1.29 is 17.9 Å². The van der Waals surface area contributed by atoms with Crippen molar-refractivity contribution in [3.05, 3.63) is 53.3 Å². The molecule has 0 aliphatic heterocycles. The van der Waals surface area contributed by atoms with Crippen LogP contribution in [0, 0.1) is 0 Å². The highest BCUT2D eigenvalue weighted by Crippen LogP contribution is 2.23. The number of nitrogens with one attached hydrogen (secondary N) is 1. The van der Waals surface area contributed by atoms with Crippen LogP contribution in [0.2, 0.25) is 5.15 Å². The number of alkyl halides is 3. The van der Waals surface area contributed by atoms with E-state index in [-0.39, 0.29) is 18.3 Å². The zero-order valence-electron chi connectivity index (χ0n) is 11.6. The molecule has 122 valence electrons. The molecule has 23 heavy (non-hydrogen) atoms. The molecule has 5 nitrogen and oxygen atoms in total. The Morgan fingerprint density at radius 1 is 1.22 bits per heavy atom. The Labute approximate surface area is 135 Å². The monoisotopic (exact) mass is 344 g/mol. The molecule has 0 unspecified atom stereocenters. The smallest absolute Gasteiger partial charge is 0.406 e. The molecule has 0 atom stereocenters. The lowest BCUT2D eigenvalue weighted by Crippen LogP contribution is -2.22. The third-order valence-electron chi connectivity index (χ3n) is 2.58. The van der Waals surface area contributed by atoms with Gasteiger partial charge >= 0.3 is 6.36 Å². The zero-order valence-corrected chi connectivity index (χ0v) is 12.4. The van der Waals surface area contributed by atoms with Crippen LogP contribution >= 0.6 is 11.6 Å². The van der Waals surface area contributed by atoms with Crippen LogP contribution in [-0.4, -0.2) is 17.3 Å². The Morgan fingerprint density at radius 3 is 2.48 bits per heavy atom. The van der Waals surface area contributed by atoms with Crippen LogP contribution < -0.4 is 15.8 Å². The number of ether oxygens (including phenoxy) is 1. The molecule has 0 spiro atoms. The molecule has 2 aromatic rings. The Balaban J connectivity index is 1.92. The van der Waals surface area contributed by atoms with E-state index in [9.17, 15) is 13.2 Å². The van der Waals surface area contributed by atoms with E-state index < -0.39 is 6.36 Å². The molecule has 0 aliphatic rings. The average Bonchev–Trinajstić information content (AvgIpc) is 2.47. The molecule has 1 heterocycles. The van der Waals surface area contributed by atoms with E-state index in [4.69, 9.17) is 17.3 Å².